The van der Waals surface area contributed by atoms with E-state index in [2.05, 4.69) is 4.98 Å². The van der Waals surface area contributed by atoms with Crippen LogP contribution in [0.3, 0.4) is 0 Å². The smallest absolute Gasteiger partial charge is 0.311 e. The lowest BCUT2D eigenvalue weighted by Crippen LogP contribution is -2.17. The molecule has 0 fully saturated rings. The average molecular weight is 347 g/mol. The maximum Gasteiger partial charge on any atom is 0.311 e. The SMILES string of the molecule is O=C(CC(C(=O)O)c1c[nH]c2cccc(F)c12)c1ccc(F)cc1F. The highest BCUT2D eigenvalue weighted by molar-refractivity contribution is 6.00. The van der Waals surface area contributed by atoms with Gasteiger partial charge in [0, 0.05) is 29.6 Å². The van der Waals surface area contributed by atoms with Crippen LogP contribution in [0, 0.1) is 17.5 Å². The van der Waals surface area contributed by atoms with Crippen LogP contribution in [-0.4, -0.2) is 21.8 Å². The molecular formula is C18H12F3NO3. The molecule has 0 spiro atoms. The largest absolute Gasteiger partial charge is 0.481 e. The fourth-order valence-electron chi connectivity index (χ4n) is 2.78. The molecule has 1 heterocycles. The van der Waals surface area contributed by atoms with Gasteiger partial charge in [-0.2, -0.15) is 0 Å². The standard InChI is InChI=1S/C18H12F3NO3/c19-9-4-5-10(14(21)6-9)16(23)7-11(18(24)25)12-8-22-15-3-1-2-13(20)17(12)15/h1-6,8,11,22H,7H2,(H,24,25). The summed E-state index contributed by atoms with van der Waals surface area (Å²) in [6, 6.07) is 6.64. The van der Waals surface area contributed by atoms with E-state index in [0.29, 0.717) is 11.6 Å². The molecule has 1 unspecified atom stereocenters. The molecule has 3 rings (SSSR count). The van der Waals surface area contributed by atoms with E-state index in [0.717, 1.165) is 12.1 Å². The Hall–Kier alpha value is -3.09. The van der Waals surface area contributed by atoms with Gasteiger partial charge < -0.3 is 10.1 Å². The summed E-state index contributed by atoms with van der Waals surface area (Å²) in [5.41, 5.74) is 0.0751. The minimum absolute atomic E-state index is 0.0716. The van der Waals surface area contributed by atoms with Crippen LogP contribution in [0.4, 0.5) is 13.2 Å². The van der Waals surface area contributed by atoms with Gasteiger partial charge in [-0.05, 0) is 29.8 Å². The van der Waals surface area contributed by atoms with Crippen molar-refractivity contribution in [2.45, 2.75) is 12.3 Å². The fraction of sp³-hybridized carbons (Fsp3) is 0.111. The second-order valence-electron chi connectivity index (χ2n) is 5.55. The Morgan fingerprint density at radius 3 is 2.52 bits per heavy atom. The second kappa shape index (κ2) is 6.43. The zero-order valence-corrected chi connectivity index (χ0v) is 12.7. The first kappa shape index (κ1) is 16.8. The molecule has 2 aromatic carbocycles. The molecule has 3 aromatic rings. The van der Waals surface area contributed by atoms with Crippen LogP contribution in [0.1, 0.15) is 28.3 Å². The highest BCUT2D eigenvalue weighted by Crippen LogP contribution is 2.31. The number of carbonyl (C=O) groups is 2. The van der Waals surface area contributed by atoms with Crippen LogP contribution < -0.4 is 0 Å². The summed E-state index contributed by atoms with van der Waals surface area (Å²) in [5.74, 6) is -6.07. The van der Waals surface area contributed by atoms with Gasteiger partial charge in [0.05, 0.1) is 11.5 Å². The maximum atomic E-state index is 14.1. The number of Topliss-reactive ketones (excluding diaryl/α,β-unsaturated/α-hetero) is 1. The molecule has 1 aromatic heterocycles. The van der Waals surface area contributed by atoms with E-state index >= 15 is 0 Å². The molecule has 128 valence electrons. The topological polar surface area (TPSA) is 70.2 Å². The predicted molar refractivity (Wildman–Crippen MR) is 83.9 cm³/mol. The maximum absolute atomic E-state index is 14.1. The Morgan fingerprint density at radius 2 is 1.84 bits per heavy atom. The first-order valence-electron chi connectivity index (χ1n) is 7.35. The Morgan fingerprint density at radius 1 is 1.08 bits per heavy atom. The van der Waals surface area contributed by atoms with Crippen molar-refractivity contribution in [1.82, 2.24) is 4.98 Å². The minimum atomic E-state index is -1.37. The Bertz CT molecular complexity index is 981. The highest BCUT2D eigenvalue weighted by atomic mass is 19.1. The van der Waals surface area contributed by atoms with Crippen LogP contribution in [0.5, 0.6) is 0 Å². The van der Waals surface area contributed by atoms with Crippen molar-refractivity contribution in [3.8, 4) is 0 Å². The first-order chi connectivity index (χ1) is 11.9. The van der Waals surface area contributed by atoms with Gasteiger partial charge in [0.1, 0.15) is 17.5 Å². The molecule has 0 aliphatic rings. The minimum Gasteiger partial charge on any atom is -0.481 e. The quantitative estimate of drug-likeness (QED) is 0.685. The molecular weight excluding hydrogens is 335 g/mol. The molecule has 0 saturated carbocycles. The van der Waals surface area contributed by atoms with Crippen molar-refractivity contribution in [3.05, 3.63) is 71.2 Å². The van der Waals surface area contributed by atoms with E-state index in [1.54, 1.807) is 6.07 Å². The number of carbonyl (C=O) groups excluding carboxylic acids is 1. The summed E-state index contributed by atoms with van der Waals surface area (Å²) in [6.07, 6.45) is 0.736. The lowest BCUT2D eigenvalue weighted by atomic mass is 9.91. The molecule has 4 nitrogen and oxygen atoms in total. The van der Waals surface area contributed by atoms with Crippen molar-refractivity contribution in [2.24, 2.45) is 0 Å². The number of hydrogen-bond donors (Lipinski definition) is 2. The molecule has 25 heavy (non-hydrogen) atoms. The zero-order valence-electron chi connectivity index (χ0n) is 12.7. The first-order valence-corrected chi connectivity index (χ1v) is 7.35. The van der Waals surface area contributed by atoms with E-state index in [1.165, 1.54) is 18.3 Å². The number of aliphatic carboxylic acids is 1. The molecule has 1 atom stereocenters. The van der Waals surface area contributed by atoms with E-state index in [-0.39, 0.29) is 10.9 Å². The molecule has 0 saturated heterocycles. The number of carboxylic acids is 1. The van der Waals surface area contributed by atoms with E-state index in [1.807, 2.05) is 0 Å². The lowest BCUT2D eigenvalue weighted by molar-refractivity contribution is -0.138. The van der Waals surface area contributed by atoms with Gasteiger partial charge >= 0.3 is 5.97 Å². The summed E-state index contributed by atoms with van der Waals surface area (Å²) in [4.78, 5) is 26.7. The molecule has 0 radical (unpaired) electrons. The van der Waals surface area contributed by atoms with Gasteiger partial charge in [0.2, 0.25) is 0 Å². The average Bonchev–Trinajstić information content (AvgIpc) is 2.97. The molecule has 0 bridgehead atoms. The van der Waals surface area contributed by atoms with Gasteiger partial charge in [-0.1, -0.05) is 6.07 Å². The zero-order chi connectivity index (χ0) is 18.1. The van der Waals surface area contributed by atoms with Crippen LogP contribution in [0.15, 0.2) is 42.6 Å². The monoisotopic (exact) mass is 347 g/mol. The van der Waals surface area contributed by atoms with Gasteiger partial charge in [0.15, 0.2) is 5.78 Å². The van der Waals surface area contributed by atoms with Gasteiger partial charge in [-0.25, -0.2) is 13.2 Å². The third-order valence-corrected chi connectivity index (χ3v) is 3.98. The summed E-state index contributed by atoms with van der Waals surface area (Å²) < 4.78 is 40.8. The Kier molecular flexibility index (Phi) is 4.31. The number of benzene rings is 2. The van der Waals surface area contributed by atoms with Crippen LogP contribution in [0.2, 0.25) is 0 Å². The second-order valence-corrected chi connectivity index (χ2v) is 5.55. The number of rotatable bonds is 5. The third-order valence-electron chi connectivity index (χ3n) is 3.98. The molecule has 7 heteroatoms. The summed E-state index contributed by atoms with van der Waals surface area (Å²) >= 11 is 0. The summed E-state index contributed by atoms with van der Waals surface area (Å²) in [6.45, 7) is 0. The van der Waals surface area contributed by atoms with Crippen LogP contribution in [-0.2, 0) is 4.79 Å². The fourth-order valence-corrected chi connectivity index (χ4v) is 2.78. The number of fused-ring (bicyclic) bond motifs is 1. The van der Waals surface area contributed by atoms with Gasteiger partial charge in [-0.15, -0.1) is 0 Å². The number of H-pyrrole nitrogens is 1. The summed E-state index contributed by atoms with van der Waals surface area (Å²) in [5, 5.41) is 9.53. The number of halogens is 3. The normalized spacial score (nSPS) is 12.3. The van der Waals surface area contributed by atoms with Crippen molar-refractivity contribution in [2.75, 3.05) is 0 Å². The lowest BCUT2D eigenvalue weighted by Gasteiger charge is -2.12. The predicted octanol–water partition coefficient (Wildman–Crippen LogP) is 4.03. The molecule has 0 aliphatic carbocycles. The third kappa shape index (κ3) is 3.13. The van der Waals surface area contributed by atoms with Gasteiger partial charge in [0.25, 0.3) is 0 Å². The Labute approximate surface area is 139 Å². The van der Waals surface area contributed by atoms with Gasteiger partial charge in [-0.3, -0.25) is 9.59 Å². The summed E-state index contributed by atoms with van der Waals surface area (Å²) in [7, 11) is 0. The van der Waals surface area contributed by atoms with Crippen molar-refractivity contribution < 1.29 is 27.9 Å². The number of aromatic nitrogens is 1. The van der Waals surface area contributed by atoms with Crippen LogP contribution in [0.25, 0.3) is 10.9 Å². The van der Waals surface area contributed by atoms with Crippen molar-refractivity contribution in [3.63, 3.8) is 0 Å². The van der Waals surface area contributed by atoms with E-state index in [9.17, 15) is 27.9 Å². The molecule has 0 amide bonds. The van der Waals surface area contributed by atoms with Crippen molar-refractivity contribution >= 4 is 22.7 Å². The number of aromatic amines is 1. The highest BCUT2D eigenvalue weighted by Gasteiger charge is 2.28. The number of carboxylic acid groups (broad SMARTS) is 1. The molecule has 0 aliphatic heterocycles. The molecule has 2 N–H and O–H groups in total. The van der Waals surface area contributed by atoms with E-state index < -0.39 is 47.1 Å². The number of hydrogen-bond acceptors (Lipinski definition) is 2. The van der Waals surface area contributed by atoms with Crippen LogP contribution >= 0.6 is 0 Å². The number of nitrogens with one attached hydrogen (secondary N) is 1. The Balaban J connectivity index is 1.99. The number of ketones is 1. The van der Waals surface area contributed by atoms with E-state index in [4.69, 9.17) is 0 Å². The van der Waals surface area contributed by atoms with Crippen molar-refractivity contribution in [1.29, 1.82) is 0 Å².